The van der Waals surface area contributed by atoms with Crippen LogP contribution in [-0.4, -0.2) is 32.4 Å². The average Bonchev–Trinajstić information content (AvgIpc) is 3.25. The predicted molar refractivity (Wildman–Crippen MR) is 106 cm³/mol. The summed E-state index contributed by atoms with van der Waals surface area (Å²) in [5, 5.41) is 1.23. The quantitative estimate of drug-likeness (QED) is 0.792. The topological polar surface area (TPSA) is 34.4 Å². The molecule has 0 saturated carbocycles. The molecule has 2 aliphatic rings. The molecule has 0 spiro atoms. The molecule has 0 bridgehead atoms. The first-order valence-corrected chi connectivity index (χ1v) is 10.7. The molecule has 1 aromatic carbocycles. The molecule has 0 saturated heterocycles. The molecule has 4 rings (SSSR count). The molecule has 0 N–H and O–H groups in total. The number of rotatable bonds is 3. The van der Waals surface area contributed by atoms with E-state index < -0.39 is 0 Å². The number of fused-ring (bicyclic) bond motifs is 3. The number of nitrogens with zero attached hydrogens (tertiary/aromatic N) is 2. The zero-order chi connectivity index (χ0) is 16.5. The molecule has 3 nitrogen and oxygen atoms in total. The van der Waals surface area contributed by atoms with Crippen molar-refractivity contribution >= 4 is 44.7 Å². The van der Waals surface area contributed by atoms with E-state index >= 15 is 0 Å². The Kier molecular flexibility index (Phi) is 4.72. The number of hydrogen-bond acceptors (Lipinski definition) is 4. The van der Waals surface area contributed by atoms with E-state index in [0.29, 0.717) is 0 Å². The number of aliphatic imine (C=N–C) groups is 1. The Morgan fingerprint density at radius 3 is 2.96 bits per heavy atom. The molecular weight excluding hydrogens is 336 g/mol. The predicted octanol–water partition coefficient (Wildman–Crippen LogP) is 4.77. The van der Waals surface area contributed by atoms with Crippen molar-refractivity contribution in [3.05, 3.63) is 35.5 Å². The molecule has 1 aliphatic heterocycles. The zero-order valence-electron chi connectivity index (χ0n) is 14.0. The molecule has 126 valence electrons. The maximum absolute atomic E-state index is 13.4. The Morgan fingerprint density at radius 1 is 1.33 bits per heavy atom. The highest BCUT2D eigenvalue weighted by Crippen LogP contribution is 2.35. The summed E-state index contributed by atoms with van der Waals surface area (Å²) >= 11 is 3.45. The maximum atomic E-state index is 13.4. The highest BCUT2D eigenvalue weighted by Gasteiger charge is 2.28. The van der Waals surface area contributed by atoms with Crippen LogP contribution in [0.4, 0.5) is 0 Å². The third-order valence-electron chi connectivity index (χ3n) is 4.85. The van der Waals surface area contributed by atoms with Gasteiger partial charge in [0.05, 0.1) is 17.3 Å². The van der Waals surface area contributed by atoms with E-state index in [1.165, 1.54) is 29.5 Å². The van der Waals surface area contributed by atoms with Crippen LogP contribution in [0.3, 0.4) is 0 Å². The third-order valence-corrected chi connectivity index (χ3v) is 7.40. The number of aromatic nitrogens is 1. The number of aryl methyl sites for hydroxylation is 1. The Morgan fingerprint density at radius 2 is 2.17 bits per heavy atom. The second-order valence-corrected chi connectivity index (χ2v) is 8.87. The lowest BCUT2D eigenvalue weighted by Gasteiger charge is -2.19. The van der Waals surface area contributed by atoms with Crippen LogP contribution in [0.15, 0.2) is 29.3 Å². The van der Waals surface area contributed by atoms with Gasteiger partial charge in [-0.05, 0) is 43.7 Å². The van der Waals surface area contributed by atoms with E-state index in [2.05, 4.69) is 30.1 Å². The molecule has 1 atom stereocenters. The second kappa shape index (κ2) is 6.96. The van der Waals surface area contributed by atoms with Crippen LogP contribution in [-0.2, 0) is 12.8 Å². The Bertz CT molecular complexity index is 809. The van der Waals surface area contributed by atoms with E-state index in [-0.39, 0.29) is 11.2 Å². The lowest BCUT2D eigenvalue weighted by molar-refractivity contribution is 0.0911. The van der Waals surface area contributed by atoms with Gasteiger partial charge in [-0.15, -0.1) is 0 Å². The van der Waals surface area contributed by atoms with Crippen molar-refractivity contribution in [2.45, 2.75) is 44.3 Å². The fourth-order valence-corrected chi connectivity index (χ4v) is 5.90. The molecule has 1 unspecified atom stereocenters. The lowest BCUT2D eigenvalue weighted by Crippen LogP contribution is -2.26. The van der Waals surface area contributed by atoms with Crippen molar-refractivity contribution in [3.8, 4) is 0 Å². The van der Waals surface area contributed by atoms with Gasteiger partial charge in [-0.2, -0.15) is 0 Å². The van der Waals surface area contributed by atoms with Crippen LogP contribution in [0.1, 0.15) is 42.2 Å². The van der Waals surface area contributed by atoms with Crippen molar-refractivity contribution < 1.29 is 4.79 Å². The average molecular weight is 359 g/mol. The highest BCUT2D eigenvalue weighted by atomic mass is 32.2. The van der Waals surface area contributed by atoms with Crippen molar-refractivity contribution in [3.63, 3.8) is 0 Å². The van der Waals surface area contributed by atoms with Crippen molar-refractivity contribution in [1.29, 1.82) is 0 Å². The number of para-hydroxylation sites is 1. The van der Waals surface area contributed by atoms with E-state index in [0.717, 1.165) is 41.5 Å². The highest BCUT2D eigenvalue weighted by molar-refractivity contribution is 8.39. The summed E-state index contributed by atoms with van der Waals surface area (Å²) in [6.07, 6.45) is 5.37. The first-order valence-electron chi connectivity index (χ1n) is 8.79. The molecule has 0 amide bonds. The van der Waals surface area contributed by atoms with Gasteiger partial charge in [-0.3, -0.25) is 14.4 Å². The van der Waals surface area contributed by atoms with Gasteiger partial charge in [-0.1, -0.05) is 48.6 Å². The summed E-state index contributed by atoms with van der Waals surface area (Å²) in [6.45, 7) is 2.99. The molecule has 0 fully saturated rings. The Balaban J connectivity index is 1.75. The van der Waals surface area contributed by atoms with Crippen LogP contribution in [0, 0.1) is 0 Å². The second-order valence-electron chi connectivity index (χ2n) is 6.33. The normalized spacial score (nSPS) is 18.5. The van der Waals surface area contributed by atoms with Crippen LogP contribution >= 0.6 is 23.5 Å². The standard InChI is InChI=1S/C19H22N2OS2/c1-2-17(24-19-20-11-12-23-19)18(22)21-15-9-5-3-7-13(15)14-8-4-6-10-16(14)21/h3,5,7,9,17H,2,4,6,8,10-12H2,1H3. The molecule has 0 radical (unpaired) electrons. The molecule has 1 aromatic heterocycles. The van der Waals surface area contributed by atoms with Gasteiger partial charge in [0.25, 0.3) is 0 Å². The number of benzene rings is 1. The summed E-state index contributed by atoms with van der Waals surface area (Å²) in [4.78, 5) is 17.9. The molecule has 1 aliphatic carbocycles. The Hall–Kier alpha value is -1.20. The zero-order valence-corrected chi connectivity index (χ0v) is 15.6. The van der Waals surface area contributed by atoms with Gasteiger partial charge in [-0.25, -0.2) is 0 Å². The Labute approximate surface area is 151 Å². The number of carbonyl (C=O) groups is 1. The maximum Gasteiger partial charge on any atom is 0.244 e. The fraction of sp³-hybridized carbons (Fsp3) is 0.474. The van der Waals surface area contributed by atoms with Crippen molar-refractivity contribution in [1.82, 2.24) is 4.57 Å². The summed E-state index contributed by atoms with van der Waals surface area (Å²) in [5.74, 6) is 1.28. The van der Waals surface area contributed by atoms with E-state index in [1.807, 2.05) is 10.6 Å². The number of thioether (sulfide) groups is 2. The molecular formula is C19H22N2OS2. The lowest BCUT2D eigenvalue weighted by atomic mass is 9.95. The minimum absolute atomic E-state index is 0.0452. The van der Waals surface area contributed by atoms with E-state index in [1.54, 1.807) is 23.5 Å². The minimum atomic E-state index is -0.0452. The molecule has 24 heavy (non-hydrogen) atoms. The summed E-state index contributed by atoms with van der Waals surface area (Å²) < 4.78 is 3.12. The van der Waals surface area contributed by atoms with Crippen LogP contribution < -0.4 is 0 Å². The molecule has 2 heterocycles. The number of hydrogen-bond donors (Lipinski definition) is 0. The van der Waals surface area contributed by atoms with Gasteiger partial charge >= 0.3 is 0 Å². The minimum Gasteiger partial charge on any atom is -0.283 e. The first kappa shape index (κ1) is 16.3. The van der Waals surface area contributed by atoms with Crippen LogP contribution in [0.25, 0.3) is 10.9 Å². The molecule has 2 aromatic rings. The van der Waals surface area contributed by atoms with E-state index in [4.69, 9.17) is 0 Å². The summed E-state index contributed by atoms with van der Waals surface area (Å²) in [5.41, 5.74) is 3.75. The fourth-order valence-electron chi connectivity index (χ4n) is 3.71. The van der Waals surface area contributed by atoms with Crippen molar-refractivity contribution in [2.24, 2.45) is 4.99 Å². The molecule has 5 heteroatoms. The summed E-state index contributed by atoms with van der Waals surface area (Å²) in [6, 6.07) is 8.41. The van der Waals surface area contributed by atoms with Gasteiger partial charge in [0.2, 0.25) is 5.91 Å². The third kappa shape index (κ3) is 2.82. The smallest absolute Gasteiger partial charge is 0.244 e. The van der Waals surface area contributed by atoms with Crippen LogP contribution in [0.5, 0.6) is 0 Å². The summed E-state index contributed by atoms with van der Waals surface area (Å²) in [7, 11) is 0. The number of carbonyl (C=O) groups excluding carboxylic acids is 1. The van der Waals surface area contributed by atoms with Gasteiger partial charge in [0.15, 0.2) is 0 Å². The van der Waals surface area contributed by atoms with Gasteiger partial charge in [0, 0.05) is 16.8 Å². The SMILES string of the molecule is CCC(SC1=NCCS1)C(=O)n1c2c(c3ccccc31)CCCC2. The van der Waals surface area contributed by atoms with E-state index in [9.17, 15) is 4.79 Å². The largest absolute Gasteiger partial charge is 0.283 e. The monoisotopic (exact) mass is 358 g/mol. The van der Waals surface area contributed by atoms with Gasteiger partial charge < -0.3 is 0 Å². The van der Waals surface area contributed by atoms with Gasteiger partial charge in [0.1, 0.15) is 4.38 Å². The first-order chi connectivity index (χ1) is 11.8. The van der Waals surface area contributed by atoms with Crippen LogP contribution in [0.2, 0.25) is 0 Å². The van der Waals surface area contributed by atoms with Crippen molar-refractivity contribution in [2.75, 3.05) is 12.3 Å².